The van der Waals surface area contributed by atoms with Crippen molar-refractivity contribution in [2.45, 2.75) is 33.6 Å². The Bertz CT molecular complexity index is 800. The van der Waals surface area contributed by atoms with E-state index in [0.29, 0.717) is 5.92 Å². The molecule has 0 saturated heterocycles. The summed E-state index contributed by atoms with van der Waals surface area (Å²) in [5, 5.41) is 2.62. The van der Waals surface area contributed by atoms with Crippen LogP contribution in [-0.2, 0) is 11.2 Å². The van der Waals surface area contributed by atoms with Gasteiger partial charge in [-0.3, -0.25) is 4.79 Å². The number of allylic oxidation sites excluding steroid dienone is 2. The smallest absolute Gasteiger partial charge is 0.235 e. The third-order valence-corrected chi connectivity index (χ3v) is 4.19. The largest absolute Gasteiger partial charge is 0.368 e. The van der Waals surface area contributed by atoms with Crippen LogP contribution in [0.25, 0.3) is 10.8 Å². The third kappa shape index (κ3) is 4.73. The zero-order chi connectivity index (χ0) is 17.6. The number of carbonyl (C=O) groups is 1. The number of primary amides is 1. The summed E-state index contributed by atoms with van der Waals surface area (Å²) >= 11 is 0. The zero-order valence-electron chi connectivity index (χ0n) is 14.7. The van der Waals surface area contributed by atoms with Gasteiger partial charge in [-0.05, 0) is 55.0 Å². The van der Waals surface area contributed by atoms with Crippen LogP contribution in [0, 0.1) is 23.2 Å². The Morgan fingerprint density at radius 3 is 2.67 bits per heavy atom. The van der Waals surface area contributed by atoms with Gasteiger partial charge in [0.05, 0.1) is 0 Å². The fourth-order valence-electron chi connectivity index (χ4n) is 2.57. The van der Waals surface area contributed by atoms with Gasteiger partial charge < -0.3 is 5.73 Å². The second kappa shape index (κ2) is 7.84. The van der Waals surface area contributed by atoms with Gasteiger partial charge in [-0.1, -0.05) is 67.3 Å². The van der Waals surface area contributed by atoms with Crippen LogP contribution in [0.1, 0.15) is 32.8 Å². The van der Waals surface area contributed by atoms with E-state index in [1.807, 2.05) is 6.08 Å². The second-order valence-corrected chi connectivity index (χ2v) is 6.84. The first-order valence-electron chi connectivity index (χ1n) is 8.34. The van der Waals surface area contributed by atoms with Crippen molar-refractivity contribution in [3.05, 3.63) is 60.2 Å². The van der Waals surface area contributed by atoms with Gasteiger partial charge in [-0.2, -0.15) is 0 Å². The summed E-state index contributed by atoms with van der Waals surface area (Å²) in [6, 6.07) is 15.0. The van der Waals surface area contributed by atoms with Gasteiger partial charge in [0, 0.05) is 0 Å². The first-order chi connectivity index (χ1) is 11.4. The number of hydrogen-bond donors (Lipinski definition) is 1. The van der Waals surface area contributed by atoms with E-state index in [-0.39, 0.29) is 0 Å². The predicted octanol–water partition coefficient (Wildman–Crippen LogP) is 4.48. The summed E-state index contributed by atoms with van der Waals surface area (Å²) in [7, 11) is 0. The van der Waals surface area contributed by atoms with E-state index in [1.165, 1.54) is 16.3 Å². The topological polar surface area (TPSA) is 43.1 Å². The van der Waals surface area contributed by atoms with Crippen LogP contribution in [0.2, 0.25) is 0 Å². The average Bonchev–Trinajstić information content (AvgIpc) is 2.54. The lowest BCUT2D eigenvalue weighted by Gasteiger charge is -2.11. The molecule has 2 heteroatoms. The minimum Gasteiger partial charge on any atom is -0.368 e. The van der Waals surface area contributed by atoms with Gasteiger partial charge in [0.15, 0.2) is 0 Å². The molecule has 0 aliphatic heterocycles. The Morgan fingerprint density at radius 2 is 1.92 bits per heavy atom. The number of rotatable bonds is 5. The van der Waals surface area contributed by atoms with Crippen LogP contribution >= 0.6 is 0 Å². The molecule has 24 heavy (non-hydrogen) atoms. The van der Waals surface area contributed by atoms with E-state index in [9.17, 15) is 4.79 Å². The standard InChI is InChI=1S/C22H25NO/c1-17(10-5-4-8-15-22(2,3)21(23)24)16-19-13-9-12-18-11-6-7-14-20(18)19/h4-7,9,11-14,17H,10,16H2,1-3H3,(H2,23,24)/b5-4+. The molecule has 2 aromatic rings. The highest BCUT2D eigenvalue weighted by Crippen LogP contribution is 2.22. The molecule has 124 valence electrons. The van der Waals surface area contributed by atoms with E-state index in [0.717, 1.165) is 12.8 Å². The van der Waals surface area contributed by atoms with Crippen LogP contribution in [0.3, 0.4) is 0 Å². The summed E-state index contributed by atoms with van der Waals surface area (Å²) in [5.41, 5.74) is 5.90. The van der Waals surface area contributed by atoms with Crippen LogP contribution in [0.15, 0.2) is 54.6 Å². The molecular weight excluding hydrogens is 294 g/mol. The van der Waals surface area contributed by atoms with Crippen molar-refractivity contribution in [3.8, 4) is 11.8 Å². The van der Waals surface area contributed by atoms with Crippen molar-refractivity contribution in [1.29, 1.82) is 0 Å². The zero-order valence-corrected chi connectivity index (χ0v) is 14.7. The molecule has 0 saturated carbocycles. The molecular formula is C22H25NO. The van der Waals surface area contributed by atoms with Crippen molar-refractivity contribution in [3.63, 3.8) is 0 Å². The molecule has 1 unspecified atom stereocenters. The number of hydrogen-bond acceptors (Lipinski definition) is 1. The first kappa shape index (κ1) is 17.8. The van der Waals surface area contributed by atoms with Crippen LogP contribution in [-0.4, -0.2) is 5.91 Å². The molecule has 0 radical (unpaired) electrons. The average molecular weight is 319 g/mol. The number of benzene rings is 2. The molecule has 0 aliphatic carbocycles. The molecule has 0 aromatic heterocycles. The molecule has 2 aromatic carbocycles. The van der Waals surface area contributed by atoms with E-state index in [1.54, 1.807) is 13.8 Å². The first-order valence-corrected chi connectivity index (χ1v) is 8.34. The van der Waals surface area contributed by atoms with Crippen molar-refractivity contribution in [2.75, 3.05) is 0 Å². The van der Waals surface area contributed by atoms with Gasteiger partial charge in [-0.25, -0.2) is 0 Å². The van der Waals surface area contributed by atoms with Crippen molar-refractivity contribution in [1.82, 2.24) is 0 Å². The van der Waals surface area contributed by atoms with E-state index >= 15 is 0 Å². The van der Waals surface area contributed by atoms with E-state index in [2.05, 4.69) is 67.3 Å². The van der Waals surface area contributed by atoms with Crippen molar-refractivity contribution >= 4 is 16.7 Å². The Morgan fingerprint density at radius 1 is 1.21 bits per heavy atom. The molecule has 2 N–H and O–H groups in total. The fraction of sp³-hybridized carbons (Fsp3) is 0.318. The molecule has 0 spiro atoms. The van der Waals surface area contributed by atoms with Crippen LogP contribution in [0.4, 0.5) is 0 Å². The highest BCUT2D eigenvalue weighted by molar-refractivity contribution is 5.85. The maximum absolute atomic E-state index is 11.2. The van der Waals surface area contributed by atoms with Gasteiger partial charge in [0.25, 0.3) is 0 Å². The van der Waals surface area contributed by atoms with Gasteiger partial charge in [0.2, 0.25) is 5.91 Å². The molecule has 0 fully saturated rings. The molecule has 2 rings (SSSR count). The van der Waals surface area contributed by atoms with Crippen LogP contribution < -0.4 is 5.73 Å². The quantitative estimate of drug-likeness (QED) is 0.811. The number of carbonyl (C=O) groups excluding carboxylic acids is 1. The normalized spacial score (nSPS) is 12.8. The minimum atomic E-state index is -0.779. The van der Waals surface area contributed by atoms with Gasteiger partial charge >= 0.3 is 0 Å². The van der Waals surface area contributed by atoms with Crippen molar-refractivity contribution in [2.24, 2.45) is 17.1 Å². The lowest BCUT2D eigenvalue weighted by atomic mass is 9.93. The SMILES string of the molecule is CC(C/C=C/C#CC(C)(C)C(N)=O)Cc1cccc2ccccc12. The summed E-state index contributed by atoms with van der Waals surface area (Å²) in [6.07, 6.45) is 5.88. The van der Waals surface area contributed by atoms with E-state index < -0.39 is 11.3 Å². The molecule has 0 heterocycles. The van der Waals surface area contributed by atoms with E-state index in [4.69, 9.17) is 5.73 Å². The van der Waals surface area contributed by atoms with Crippen molar-refractivity contribution < 1.29 is 4.79 Å². The number of fused-ring (bicyclic) bond motifs is 1. The highest BCUT2D eigenvalue weighted by Gasteiger charge is 2.21. The third-order valence-electron chi connectivity index (χ3n) is 4.19. The Hall–Kier alpha value is -2.53. The van der Waals surface area contributed by atoms with Gasteiger partial charge in [0.1, 0.15) is 5.41 Å². The van der Waals surface area contributed by atoms with Crippen LogP contribution in [0.5, 0.6) is 0 Å². The lowest BCUT2D eigenvalue weighted by Crippen LogP contribution is -2.29. The lowest BCUT2D eigenvalue weighted by molar-refractivity contribution is -0.123. The molecule has 1 atom stereocenters. The molecule has 0 bridgehead atoms. The monoisotopic (exact) mass is 319 g/mol. The van der Waals surface area contributed by atoms with Gasteiger partial charge in [-0.15, -0.1) is 0 Å². The number of nitrogens with two attached hydrogens (primary N) is 1. The maximum Gasteiger partial charge on any atom is 0.235 e. The summed E-state index contributed by atoms with van der Waals surface area (Å²) in [6.45, 7) is 5.71. The molecule has 2 nitrogen and oxygen atoms in total. The summed E-state index contributed by atoms with van der Waals surface area (Å²) < 4.78 is 0. The predicted molar refractivity (Wildman–Crippen MR) is 101 cm³/mol. The molecule has 0 aliphatic rings. The minimum absolute atomic E-state index is 0.396. The second-order valence-electron chi connectivity index (χ2n) is 6.84. The Labute approximate surface area is 144 Å². The summed E-state index contributed by atoms with van der Waals surface area (Å²) in [4.78, 5) is 11.2. The number of amides is 1. The fourth-order valence-corrected chi connectivity index (χ4v) is 2.57. The summed E-state index contributed by atoms with van der Waals surface area (Å²) in [5.74, 6) is 5.95. The highest BCUT2D eigenvalue weighted by atomic mass is 16.1. The Balaban J connectivity index is 1.96. The maximum atomic E-state index is 11.2. The molecule has 1 amide bonds. The Kier molecular flexibility index (Phi) is 5.82.